The molecule has 1 atom stereocenters. The molecule has 0 saturated carbocycles. The van der Waals surface area contributed by atoms with Gasteiger partial charge in [0.15, 0.2) is 6.10 Å². The molecule has 0 radical (unpaired) electrons. The van der Waals surface area contributed by atoms with Crippen LogP contribution in [-0.2, 0) is 28.6 Å². The molecule has 0 aliphatic heterocycles. The van der Waals surface area contributed by atoms with Gasteiger partial charge in [0, 0.05) is 19.3 Å². The molecule has 0 fully saturated rings. The van der Waals surface area contributed by atoms with Crippen LogP contribution >= 0.6 is 0 Å². The zero-order chi connectivity index (χ0) is 59.2. The minimum atomic E-state index is -0.783. The predicted octanol–water partition coefficient (Wildman–Crippen LogP) is 25.3. The smallest absolute Gasteiger partial charge is 0.306 e. The van der Waals surface area contributed by atoms with Gasteiger partial charge in [-0.05, 0) is 83.5 Å². The summed E-state index contributed by atoms with van der Waals surface area (Å²) < 4.78 is 17.0. The van der Waals surface area contributed by atoms with E-state index in [0.717, 1.165) is 89.9 Å². The van der Waals surface area contributed by atoms with E-state index in [1.54, 1.807) is 0 Å². The molecular weight excluding hydrogens is 1010 g/mol. The van der Waals surface area contributed by atoms with Crippen LogP contribution in [0.3, 0.4) is 0 Å². The second kappa shape index (κ2) is 70.9. The van der Waals surface area contributed by atoms with Crippen molar-refractivity contribution in [3.05, 3.63) is 48.6 Å². The molecule has 0 heterocycles. The quantitative estimate of drug-likeness (QED) is 0.0261. The minimum absolute atomic E-state index is 0.0772. The SMILES string of the molecule is CCCCC/C=C\C/C=C\CCCCCCCCCC(=O)OC(COC(=O)CCCCCCC/C=C\C/C=C\CCCCCC)COC(=O)CCCCCCCCCCCCCCCCCCCCCCCCCCCCCCCCC. The number of carbonyl (C=O) groups is 3. The van der Waals surface area contributed by atoms with Gasteiger partial charge in [0.2, 0.25) is 0 Å². The molecular formula is C76H140O6. The van der Waals surface area contributed by atoms with E-state index in [0.29, 0.717) is 19.3 Å². The van der Waals surface area contributed by atoms with Gasteiger partial charge in [-0.3, -0.25) is 14.4 Å². The number of hydrogen-bond acceptors (Lipinski definition) is 6. The Labute approximate surface area is 511 Å². The lowest BCUT2D eigenvalue weighted by Crippen LogP contribution is -2.30. The topological polar surface area (TPSA) is 78.9 Å². The summed E-state index contributed by atoms with van der Waals surface area (Å²) in [6.45, 7) is 6.65. The number of carbonyl (C=O) groups excluding carboxylic acids is 3. The Kier molecular flexibility index (Phi) is 68.6. The fourth-order valence-corrected chi connectivity index (χ4v) is 11.0. The maximum atomic E-state index is 12.9. The van der Waals surface area contributed by atoms with Crippen molar-refractivity contribution in [2.24, 2.45) is 0 Å². The summed E-state index contributed by atoms with van der Waals surface area (Å²) in [6, 6.07) is 0. The molecule has 0 aliphatic carbocycles. The zero-order valence-corrected chi connectivity index (χ0v) is 55.3. The Morgan fingerprint density at radius 3 is 0.707 bits per heavy atom. The van der Waals surface area contributed by atoms with Crippen LogP contribution in [0.25, 0.3) is 0 Å². The summed E-state index contributed by atoms with van der Waals surface area (Å²) in [5.41, 5.74) is 0. The average molecular weight is 1150 g/mol. The minimum Gasteiger partial charge on any atom is -0.462 e. The highest BCUT2D eigenvalue weighted by molar-refractivity contribution is 5.71. The number of rotatable bonds is 68. The van der Waals surface area contributed by atoms with Crippen LogP contribution in [0.2, 0.25) is 0 Å². The molecule has 0 aromatic heterocycles. The lowest BCUT2D eigenvalue weighted by atomic mass is 10.0. The normalized spacial score (nSPS) is 12.3. The summed E-state index contributed by atoms with van der Waals surface area (Å²) in [5.74, 6) is -0.874. The fourth-order valence-electron chi connectivity index (χ4n) is 11.0. The number of ether oxygens (including phenoxy) is 3. The van der Waals surface area contributed by atoms with Gasteiger partial charge in [0.1, 0.15) is 13.2 Å². The summed E-state index contributed by atoms with van der Waals surface area (Å²) in [5, 5.41) is 0. The van der Waals surface area contributed by atoms with Crippen molar-refractivity contribution < 1.29 is 28.6 Å². The number of esters is 3. The van der Waals surface area contributed by atoms with E-state index in [2.05, 4.69) is 69.4 Å². The van der Waals surface area contributed by atoms with E-state index in [-0.39, 0.29) is 31.1 Å². The van der Waals surface area contributed by atoms with Gasteiger partial charge >= 0.3 is 17.9 Å². The lowest BCUT2D eigenvalue weighted by Gasteiger charge is -2.18. The summed E-state index contributed by atoms with van der Waals surface area (Å²) in [4.78, 5) is 38.4. The Balaban J connectivity index is 4.19. The van der Waals surface area contributed by atoms with Gasteiger partial charge in [0.05, 0.1) is 0 Å². The Morgan fingerprint density at radius 2 is 0.439 bits per heavy atom. The third-order valence-electron chi connectivity index (χ3n) is 16.6. The predicted molar refractivity (Wildman–Crippen MR) is 358 cm³/mol. The average Bonchev–Trinajstić information content (AvgIpc) is 3.47. The molecule has 6 heteroatoms. The molecule has 0 saturated heterocycles. The monoisotopic (exact) mass is 1150 g/mol. The van der Waals surface area contributed by atoms with E-state index < -0.39 is 6.10 Å². The standard InChI is InChI=1S/C76H140O6/c1-4-7-10-13-16-19-22-25-28-31-32-33-34-35-36-37-38-39-40-41-42-43-44-46-48-51-54-57-60-63-66-69-75(78)81-72-73(71-80-74(77)68-65-62-59-56-53-50-47-30-27-24-21-18-15-12-9-6-3)82-76(79)70-67-64-61-58-55-52-49-45-29-26-23-20-17-14-11-8-5-2/h17,20-21,24,26,29-30,47,73H,4-16,18-19,22-23,25,27-28,31-46,48-72H2,1-3H3/b20-17-,24-21-,29-26-,47-30-. The van der Waals surface area contributed by atoms with Crippen LogP contribution in [0.4, 0.5) is 0 Å². The molecule has 0 aromatic rings. The molecule has 1 unspecified atom stereocenters. The van der Waals surface area contributed by atoms with Crippen molar-refractivity contribution in [1.82, 2.24) is 0 Å². The van der Waals surface area contributed by atoms with E-state index in [4.69, 9.17) is 14.2 Å². The maximum absolute atomic E-state index is 12.9. The first-order valence-electron chi connectivity index (χ1n) is 36.6. The van der Waals surface area contributed by atoms with Gasteiger partial charge in [-0.1, -0.05) is 345 Å². The first-order valence-corrected chi connectivity index (χ1v) is 36.6. The summed E-state index contributed by atoms with van der Waals surface area (Å²) in [7, 11) is 0. The maximum Gasteiger partial charge on any atom is 0.306 e. The molecule has 0 amide bonds. The first-order chi connectivity index (χ1) is 40.5. The van der Waals surface area contributed by atoms with Gasteiger partial charge in [0.25, 0.3) is 0 Å². The van der Waals surface area contributed by atoms with Crippen LogP contribution in [0, 0.1) is 0 Å². The Bertz CT molecular complexity index is 1410. The number of allylic oxidation sites excluding steroid dienone is 8. The lowest BCUT2D eigenvalue weighted by molar-refractivity contribution is -0.167. The number of unbranched alkanes of at least 4 members (excludes halogenated alkanes) is 49. The highest BCUT2D eigenvalue weighted by Gasteiger charge is 2.19. The van der Waals surface area contributed by atoms with Crippen LogP contribution in [0.15, 0.2) is 48.6 Å². The molecule has 0 rings (SSSR count). The highest BCUT2D eigenvalue weighted by Crippen LogP contribution is 2.19. The summed E-state index contributed by atoms with van der Waals surface area (Å²) in [6.07, 6.45) is 90.1. The van der Waals surface area contributed by atoms with Crippen LogP contribution in [-0.4, -0.2) is 37.2 Å². The van der Waals surface area contributed by atoms with Gasteiger partial charge in [-0.15, -0.1) is 0 Å². The largest absolute Gasteiger partial charge is 0.462 e. The molecule has 0 aromatic carbocycles. The van der Waals surface area contributed by atoms with Gasteiger partial charge < -0.3 is 14.2 Å². The summed E-state index contributed by atoms with van der Waals surface area (Å²) >= 11 is 0. The van der Waals surface area contributed by atoms with Crippen molar-refractivity contribution in [2.75, 3.05) is 13.2 Å². The second-order valence-corrected chi connectivity index (χ2v) is 24.9. The third kappa shape index (κ3) is 68.2. The molecule has 0 aliphatic rings. The van der Waals surface area contributed by atoms with Crippen molar-refractivity contribution in [3.8, 4) is 0 Å². The van der Waals surface area contributed by atoms with Crippen molar-refractivity contribution in [2.45, 2.75) is 406 Å². The molecule has 6 nitrogen and oxygen atoms in total. The van der Waals surface area contributed by atoms with E-state index in [1.165, 1.54) is 270 Å². The van der Waals surface area contributed by atoms with Crippen molar-refractivity contribution in [1.29, 1.82) is 0 Å². The van der Waals surface area contributed by atoms with E-state index in [1.807, 2.05) is 0 Å². The van der Waals surface area contributed by atoms with E-state index >= 15 is 0 Å². The second-order valence-electron chi connectivity index (χ2n) is 24.9. The molecule has 0 N–H and O–H groups in total. The molecule has 82 heavy (non-hydrogen) atoms. The van der Waals surface area contributed by atoms with Crippen molar-refractivity contribution in [3.63, 3.8) is 0 Å². The van der Waals surface area contributed by atoms with Gasteiger partial charge in [-0.25, -0.2) is 0 Å². The molecule has 0 bridgehead atoms. The van der Waals surface area contributed by atoms with Crippen molar-refractivity contribution >= 4 is 17.9 Å². The molecule has 0 spiro atoms. The number of hydrogen-bond donors (Lipinski definition) is 0. The highest BCUT2D eigenvalue weighted by atomic mass is 16.6. The van der Waals surface area contributed by atoms with E-state index in [9.17, 15) is 14.4 Å². The van der Waals surface area contributed by atoms with Crippen LogP contribution < -0.4 is 0 Å². The fraction of sp³-hybridized carbons (Fsp3) is 0.855. The van der Waals surface area contributed by atoms with Crippen LogP contribution in [0.1, 0.15) is 400 Å². The zero-order valence-electron chi connectivity index (χ0n) is 55.3. The Hall–Kier alpha value is -2.63. The van der Waals surface area contributed by atoms with Crippen LogP contribution in [0.5, 0.6) is 0 Å². The Morgan fingerprint density at radius 1 is 0.244 bits per heavy atom. The van der Waals surface area contributed by atoms with Gasteiger partial charge in [-0.2, -0.15) is 0 Å². The molecule has 480 valence electrons. The first kappa shape index (κ1) is 79.4. The third-order valence-corrected chi connectivity index (χ3v) is 16.6.